The van der Waals surface area contributed by atoms with Gasteiger partial charge in [0.2, 0.25) is 0 Å². The predicted octanol–water partition coefficient (Wildman–Crippen LogP) is 4.05. The number of amides is 2. The number of aryl methyl sites for hydroxylation is 1. The van der Waals surface area contributed by atoms with Crippen LogP contribution in [0.5, 0.6) is 0 Å². The molecule has 2 heterocycles. The number of fused-ring (bicyclic) bond motifs is 1. The Kier molecular flexibility index (Phi) is 11.0. The second-order valence-electron chi connectivity index (χ2n) is 10.1. The van der Waals surface area contributed by atoms with Crippen LogP contribution in [-0.2, 0) is 15.1 Å². The molecule has 2 aliphatic rings. The van der Waals surface area contributed by atoms with Crippen LogP contribution in [0.1, 0.15) is 78.8 Å². The topological polar surface area (TPSA) is 144 Å². The number of anilines is 1. The second kappa shape index (κ2) is 14.0. The Bertz CT molecular complexity index is 1350. The highest BCUT2D eigenvalue weighted by molar-refractivity contribution is 7.83. The molecular formula is C28H40FN5O5S. The fraction of sp³-hybridized carbons (Fsp3) is 0.500. The number of aromatic nitrogens is 1. The lowest BCUT2D eigenvalue weighted by Crippen LogP contribution is -2.35. The van der Waals surface area contributed by atoms with E-state index in [1.807, 2.05) is 13.8 Å². The molecule has 2 aromatic rings. The smallest absolute Gasteiger partial charge is 0.333 e. The number of nitrogens with zero attached hydrogens (tertiary/aromatic N) is 1. The first-order chi connectivity index (χ1) is 18.9. The summed E-state index contributed by atoms with van der Waals surface area (Å²) in [6.07, 6.45) is 6.64. The number of nitrogens with one attached hydrogen (secondary N) is 4. The van der Waals surface area contributed by atoms with Gasteiger partial charge in [0, 0.05) is 41.8 Å². The second-order valence-corrected chi connectivity index (χ2v) is 11.3. The minimum atomic E-state index is -3.97. The Morgan fingerprint density at radius 1 is 1.18 bits per heavy atom. The van der Waals surface area contributed by atoms with Gasteiger partial charge in [-0.2, -0.15) is 13.1 Å². The van der Waals surface area contributed by atoms with Crippen molar-refractivity contribution in [3.8, 4) is 0 Å². The normalized spacial score (nSPS) is 16.5. The van der Waals surface area contributed by atoms with E-state index >= 15 is 0 Å². The van der Waals surface area contributed by atoms with Crippen molar-refractivity contribution in [3.63, 3.8) is 0 Å². The molecule has 1 aliphatic carbocycles. The number of hydrogen-bond acceptors (Lipinski definition) is 5. The van der Waals surface area contributed by atoms with Gasteiger partial charge in [-0.3, -0.25) is 14.1 Å². The van der Waals surface area contributed by atoms with E-state index in [0.717, 1.165) is 56.6 Å². The van der Waals surface area contributed by atoms with Crippen molar-refractivity contribution in [2.24, 2.45) is 0 Å². The molecule has 12 heteroatoms. The molecule has 40 heavy (non-hydrogen) atoms. The summed E-state index contributed by atoms with van der Waals surface area (Å²) in [6, 6.07) is 4.15. The summed E-state index contributed by atoms with van der Waals surface area (Å²) in [4.78, 5) is 30.5. The number of benzene rings is 1. The molecule has 1 aliphatic heterocycles. The van der Waals surface area contributed by atoms with Crippen LogP contribution in [0, 0.1) is 19.7 Å². The number of likely N-dealkylation sites (N-methyl/N-ethyl adjacent to an activating group) is 1. The van der Waals surface area contributed by atoms with Crippen molar-refractivity contribution in [2.75, 3.05) is 31.5 Å². The van der Waals surface area contributed by atoms with Crippen molar-refractivity contribution >= 4 is 39.5 Å². The zero-order chi connectivity index (χ0) is 29.4. The number of rotatable bonds is 9. The summed E-state index contributed by atoms with van der Waals surface area (Å²) in [7, 11) is -3.97. The minimum Gasteiger partial charge on any atom is -0.358 e. The highest BCUT2D eigenvalue weighted by Crippen LogP contribution is 2.34. The van der Waals surface area contributed by atoms with Crippen molar-refractivity contribution in [3.05, 3.63) is 52.1 Å². The lowest BCUT2D eigenvalue weighted by atomic mass is 9.96. The fourth-order valence-corrected chi connectivity index (χ4v) is 5.75. The van der Waals surface area contributed by atoms with Gasteiger partial charge in [-0.05, 0) is 69.6 Å². The molecule has 0 radical (unpaired) electrons. The van der Waals surface area contributed by atoms with Crippen molar-refractivity contribution in [2.45, 2.75) is 65.8 Å². The molecule has 4 rings (SSSR count). The van der Waals surface area contributed by atoms with Crippen molar-refractivity contribution in [1.82, 2.24) is 19.9 Å². The zero-order valence-electron chi connectivity index (χ0n) is 23.6. The number of halogens is 1. The van der Waals surface area contributed by atoms with Crippen LogP contribution in [-0.4, -0.2) is 66.9 Å². The van der Waals surface area contributed by atoms with Crippen LogP contribution in [0.3, 0.4) is 0 Å². The monoisotopic (exact) mass is 577 g/mol. The van der Waals surface area contributed by atoms with Crippen LogP contribution >= 0.6 is 0 Å². The van der Waals surface area contributed by atoms with E-state index in [1.54, 1.807) is 12.1 Å². The first-order valence-electron chi connectivity index (χ1n) is 13.7. The van der Waals surface area contributed by atoms with Gasteiger partial charge in [-0.25, -0.2) is 4.39 Å². The third kappa shape index (κ3) is 8.47. The van der Waals surface area contributed by atoms with E-state index in [0.29, 0.717) is 34.6 Å². The molecule has 1 aromatic heterocycles. The Morgan fingerprint density at radius 2 is 1.85 bits per heavy atom. The summed E-state index contributed by atoms with van der Waals surface area (Å²) in [5.41, 5.74) is 4.20. The summed E-state index contributed by atoms with van der Waals surface area (Å²) >= 11 is 0. The van der Waals surface area contributed by atoms with E-state index in [9.17, 15) is 22.4 Å². The van der Waals surface area contributed by atoms with Crippen LogP contribution in [0.2, 0.25) is 0 Å². The number of aromatic amines is 1. The molecule has 0 atom stereocenters. The van der Waals surface area contributed by atoms with E-state index in [4.69, 9.17) is 4.55 Å². The van der Waals surface area contributed by atoms with Gasteiger partial charge < -0.3 is 20.5 Å². The Hall–Kier alpha value is -3.06. The average Bonchev–Trinajstić information content (AvgIpc) is 3.35. The maximum Gasteiger partial charge on any atom is 0.333 e. The number of H-pyrrole nitrogens is 1. The summed E-state index contributed by atoms with van der Waals surface area (Å²) < 4.78 is 45.0. The Labute approximate surface area is 235 Å². The van der Waals surface area contributed by atoms with E-state index in [2.05, 4.69) is 39.1 Å². The molecule has 5 N–H and O–H groups in total. The highest BCUT2D eigenvalue weighted by Gasteiger charge is 2.26. The first-order valence-corrected chi connectivity index (χ1v) is 15.1. The number of carbonyl (C=O) groups excluding carboxylic acids is 2. The maximum absolute atomic E-state index is 13.7. The van der Waals surface area contributed by atoms with Gasteiger partial charge in [-0.1, -0.05) is 33.1 Å². The molecule has 220 valence electrons. The molecule has 2 amide bonds. The molecule has 0 spiro atoms. The quantitative estimate of drug-likeness (QED) is 0.225. The maximum atomic E-state index is 13.7. The molecule has 1 saturated carbocycles. The molecular weight excluding hydrogens is 537 g/mol. The third-order valence-corrected chi connectivity index (χ3v) is 7.92. The van der Waals surface area contributed by atoms with Crippen molar-refractivity contribution in [1.29, 1.82) is 0 Å². The first kappa shape index (κ1) is 31.5. The van der Waals surface area contributed by atoms with Gasteiger partial charge in [0.05, 0.1) is 11.1 Å². The van der Waals surface area contributed by atoms with E-state index in [1.165, 1.54) is 18.6 Å². The Morgan fingerprint density at radius 3 is 2.48 bits per heavy atom. The van der Waals surface area contributed by atoms with Gasteiger partial charge in [0.25, 0.3) is 11.8 Å². The van der Waals surface area contributed by atoms with Crippen molar-refractivity contribution < 1.29 is 27.0 Å². The minimum absolute atomic E-state index is 0.0428. The zero-order valence-corrected chi connectivity index (χ0v) is 24.4. The van der Waals surface area contributed by atoms with Crippen LogP contribution in [0.25, 0.3) is 11.6 Å². The summed E-state index contributed by atoms with van der Waals surface area (Å²) in [5.74, 6) is -0.836. The lowest BCUT2D eigenvalue weighted by molar-refractivity contribution is -0.110. The lowest BCUT2D eigenvalue weighted by Gasteiger charge is -2.20. The van der Waals surface area contributed by atoms with Crippen LogP contribution < -0.4 is 15.4 Å². The largest absolute Gasteiger partial charge is 0.358 e. The predicted molar refractivity (Wildman–Crippen MR) is 155 cm³/mol. The third-order valence-electron chi connectivity index (χ3n) is 7.29. The fourth-order valence-electron chi connectivity index (χ4n) is 5.09. The number of carbonyl (C=O) groups is 2. The SMILES string of the molecule is CCN(CC)CCNC(=O)c1c(C)[nH]c(/C=C2\C(=O)Nc3ccc(F)cc32)c1C.O=S(=O)(O)NC1CCCCC1. The Balaban J connectivity index is 0.000000336. The standard InChI is InChI=1S/C22H27FN4O2.C6H13NO3S/c1-5-27(6-2)10-9-24-22(29)20-13(3)19(25-14(20)4)12-17-16-11-15(23)7-8-18(16)26-21(17)28;8-11(9,10)7-6-4-2-1-3-5-6/h7-8,11-12,25H,5-6,9-10H2,1-4H3,(H,24,29)(H,26,28);6-7H,1-5H2,(H,8,9,10)/b17-12-;. The van der Waals surface area contributed by atoms with E-state index < -0.39 is 16.1 Å². The molecule has 10 nitrogen and oxygen atoms in total. The van der Waals surface area contributed by atoms with Gasteiger partial charge in [0.1, 0.15) is 5.82 Å². The summed E-state index contributed by atoms with van der Waals surface area (Å²) in [5, 5.41) is 5.70. The number of hydrogen-bond donors (Lipinski definition) is 5. The summed E-state index contributed by atoms with van der Waals surface area (Å²) in [6.45, 7) is 11.1. The van der Waals surface area contributed by atoms with Crippen LogP contribution in [0.15, 0.2) is 18.2 Å². The molecule has 1 fully saturated rings. The van der Waals surface area contributed by atoms with Gasteiger partial charge >= 0.3 is 10.3 Å². The molecule has 0 saturated heterocycles. The highest BCUT2D eigenvalue weighted by atomic mass is 32.2. The molecule has 1 aromatic carbocycles. The van der Waals surface area contributed by atoms with Crippen LogP contribution in [0.4, 0.5) is 10.1 Å². The van der Waals surface area contributed by atoms with E-state index in [-0.39, 0.29) is 17.9 Å². The molecule has 0 bridgehead atoms. The molecule has 0 unspecified atom stereocenters. The van der Waals surface area contributed by atoms with Gasteiger partial charge in [0.15, 0.2) is 0 Å². The average molecular weight is 578 g/mol. The van der Waals surface area contributed by atoms with Gasteiger partial charge in [-0.15, -0.1) is 0 Å².